The molecule has 0 radical (unpaired) electrons. The molecule has 2 heterocycles. The molecule has 0 aliphatic rings. The first-order chi connectivity index (χ1) is 10.5. The molecule has 0 amide bonds. The summed E-state index contributed by atoms with van der Waals surface area (Å²) in [7, 11) is 0. The van der Waals surface area contributed by atoms with Gasteiger partial charge >= 0.3 is 0 Å². The topological polar surface area (TPSA) is 66.0 Å². The van der Waals surface area contributed by atoms with Crippen LogP contribution in [0.5, 0.6) is 11.6 Å². The van der Waals surface area contributed by atoms with Crippen molar-refractivity contribution in [3.8, 4) is 17.3 Å². The predicted octanol–water partition coefficient (Wildman–Crippen LogP) is 3.74. The molecule has 7 heteroatoms. The molecule has 1 aromatic carbocycles. The zero-order chi connectivity index (χ0) is 15.7. The maximum Gasteiger partial charge on any atom is 0.238 e. The lowest BCUT2D eigenvalue weighted by Crippen LogP contribution is -1.97. The first kappa shape index (κ1) is 14.3. The fourth-order valence-electron chi connectivity index (χ4n) is 1.82. The smallest absolute Gasteiger partial charge is 0.238 e. The van der Waals surface area contributed by atoms with Crippen molar-refractivity contribution in [2.24, 2.45) is 0 Å². The number of ether oxygens (including phenoxy) is 1. The van der Waals surface area contributed by atoms with Crippen LogP contribution in [-0.4, -0.2) is 14.8 Å². The van der Waals surface area contributed by atoms with Gasteiger partial charge in [-0.1, -0.05) is 11.6 Å². The minimum atomic E-state index is -0.536. The Morgan fingerprint density at radius 2 is 2.09 bits per heavy atom. The van der Waals surface area contributed by atoms with Crippen LogP contribution in [0.4, 0.5) is 10.1 Å². The Morgan fingerprint density at radius 3 is 2.82 bits per heavy atom. The van der Waals surface area contributed by atoms with Crippen molar-refractivity contribution in [3.63, 3.8) is 0 Å². The zero-order valence-electron chi connectivity index (χ0n) is 11.6. The highest BCUT2D eigenvalue weighted by Gasteiger charge is 2.07. The lowest BCUT2D eigenvalue weighted by Gasteiger charge is -2.04. The van der Waals surface area contributed by atoms with E-state index in [0.29, 0.717) is 22.3 Å². The Balaban J connectivity index is 1.84. The number of anilines is 1. The monoisotopic (exact) mass is 318 g/mol. The van der Waals surface area contributed by atoms with Crippen LogP contribution in [0.2, 0.25) is 5.02 Å². The van der Waals surface area contributed by atoms with Gasteiger partial charge in [0.1, 0.15) is 11.6 Å². The van der Waals surface area contributed by atoms with Crippen molar-refractivity contribution in [1.82, 2.24) is 14.8 Å². The summed E-state index contributed by atoms with van der Waals surface area (Å²) >= 11 is 6.04. The second-order valence-electron chi connectivity index (χ2n) is 4.64. The largest absolute Gasteiger partial charge is 0.437 e. The average molecular weight is 319 g/mol. The number of halogens is 2. The van der Waals surface area contributed by atoms with E-state index in [0.717, 1.165) is 5.69 Å². The number of rotatable bonds is 3. The predicted molar refractivity (Wildman–Crippen MR) is 82.0 cm³/mol. The van der Waals surface area contributed by atoms with Crippen LogP contribution in [0.25, 0.3) is 5.69 Å². The fraction of sp³-hybridized carbons (Fsp3) is 0.0667. The molecule has 0 fully saturated rings. The molecule has 112 valence electrons. The van der Waals surface area contributed by atoms with E-state index in [9.17, 15) is 4.39 Å². The van der Waals surface area contributed by atoms with Gasteiger partial charge < -0.3 is 10.5 Å². The van der Waals surface area contributed by atoms with E-state index in [1.807, 2.05) is 6.92 Å². The van der Waals surface area contributed by atoms with E-state index in [-0.39, 0.29) is 5.69 Å². The van der Waals surface area contributed by atoms with Gasteiger partial charge in [0.05, 0.1) is 28.3 Å². The number of pyridine rings is 1. The summed E-state index contributed by atoms with van der Waals surface area (Å²) in [5, 5.41) is 4.79. The maximum absolute atomic E-state index is 13.4. The fourth-order valence-corrected chi connectivity index (χ4v) is 1.98. The average Bonchev–Trinajstić information content (AvgIpc) is 2.94. The minimum Gasteiger partial charge on any atom is -0.437 e. The third-order valence-electron chi connectivity index (χ3n) is 3.03. The maximum atomic E-state index is 13.4. The molecule has 5 nitrogen and oxygen atoms in total. The van der Waals surface area contributed by atoms with E-state index in [4.69, 9.17) is 22.1 Å². The summed E-state index contributed by atoms with van der Waals surface area (Å²) in [6.45, 7) is 1.82. The summed E-state index contributed by atoms with van der Waals surface area (Å²) in [5.74, 6) is 0.101. The quantitative estimate of drug-likeness (QED) is 0.747. The molecule has 0 bridgehead atoms. The van der Waals surface area contributed by atoms with Crippen molar-refractivity contribution in [1.29, 1.82) is 0 Å². The Kier molecular flexibility index (Phi) is 3.68. The summed E-state index contributed by atoms with van der Waals surface area (Å²) in [4.78, 5) is 4.17. The standard InChI is InChI=1S/C15H12ClFN4O/c1-9-12(16)6-10(8-19-9)21-5-4-15(20-21)22-11-2-3-14(18)13(17)7-11/h2-8H,18H2,1H3. The van der Waals surface area contributed by atoms with Crippen molar-refractivity contribution in [3.05, 3.63) is 59.3 Å². The molecular weight excluding hydrogens is 307 g/mol. The molecule has 0 saturated heterocycles. The number of nitrogens with zero attached hydrogens (tertiary/aromatic N) is 3. The van der Waals surface area contributed by atoms with Crippen LogP contribution in [0.15, 0.2) is 42.7 Å². The first-order valence-corrected chi connectivity index (χ1v) is 6.82. The highest BCUT2D eigenvalue weighted by Crippen LogP contribution is 2.24. The lowest BCUT2D eigenvalue weighted by molar-refractivity contribution is 0.453. The van der Waals surface area contributed by atoms with E-state index in [1.54, 1.807) is 35.3 Å². The highest BCUT2D eigenvalue weighted by atomic mass is 35.5. The summed E-state index contributed by atoms with van der Waals surface area (Å²) < 4.78 is 20.4. The van der Waals surface area contributed by atoms with Crippen LogP contribution in [0.3, 0.4) is 0 Å². The van der Waals surface area contributed by atoms with Gasteiger partial charge in [-0.15, -0.1) is 5.10 Å². The number of aromatic nitrogens is 3. The number of aryl methyl sites for hydroxylation is 1. The van der Waals surface area contributed by atoms with Crippen LogP contribution >= 0.6 is 11.6 Å². The molecule has 2 aromatic heterocycles. The van der Waals surface area contributed by atoms with Gasteiger partial charge in [0.25, 0.3) is 0 Å². The van der Waals surface area contributed by atoms with E-state index < -0.39 is 5.82 Å². The third-order valence-corrected chi connectivity index (χ3v) is 3.42. The summed E-state index contributed by atoms with van der Waals surface area (Å²) in [5.41, 5.74) is 6.93. The summed E-state index contributed by atoms with van der Waals surface area (Å²) in [6, 6.07) is 7.62. The van der Waals surface area contributed by atoms with Gasteiger partial charge in [-0.05, 0) is 25.1 Å². The second-order valence-corrected chi connectivity index (χ2v) is 5.05. The molecule has 0 aliphatic heterocycles. The Morgan fingerprint density at radius 1 is 1.27 bits per heavy atom. The number of nitrogens with two attached hydrogens (primary N) is 1. The van der Waals surface area contributed by atoms with Crippen molar-refractivity contribution in [2.45, 2.75) is 6.92 Å². The van der Waals surface area contributed by atoms with Gasteiger partial charge in [0.2, 0.25) is 5.88 Å². The van der Waals surface area contributed by atoms with Gasteiger partial charge in [-0.25, -0.2) is 9.07 Å². The molecule has 3 aromatic rings. The van der Waals surface area contributed by atoms with Crippen LogP contribution < -0.4 is 10.5 Å². The molecule has 0 aliphatic carbocycles. The number of benzene rings is 1. The van der Waals surface area contributed by atoms with E-state index >= 15 is 0 Å². The highest BCUT2D eigenvalue weighted by molar-refractivity contribution is 6.31. The van der Waals surface area contributed by atoms with E-state index in [2.05, 4.69) is 10.1 Å². The zero-order valence-corrected chi connectivity index (χ0v) is 12.4. The lowest BCUT2D eigenvalue weighted by atomic mass is 10.3. The minimum absolute atomic E-state index is 0.0678. The van der Waals surface area contributed by atoms with Crippen molar-refractivity contribution in [2.75, 3.05) is 5.73 Å². The van der Waals surface area contributed by atoms with Crippen molar-refractivity contribution < 1.29 is 9.13 Å². The second kappa shape index (κ2) is 5.65. The van der Waals surface area contributed by atoms with Crippen LogP contribution in [0.1, 0.15) is 5.69 Å². The molecule has 3 rings (SSSR count). The molecule has 0 spiro atoms. The molecule has 0 atom stereocenters. The third kappa shape index (κ3) is 2.87. The first-order valence-electron chi connectivity index (χ1n) is 6.44. The molecular formula is C15H12ClFN4O. The number of hydrogen-bond donors (Lipinski definition) is 1. The summed E-state index contributed by atoms with van der Waals surface area (Å²) in [6.07, 6.45) is 3.35. The Hall–Kier alpha value is -2.60. The van der Waals surface area contributed by atoms with Gasteiger partial charge in [-0.2, -0.15) is 0 Å². The van der Waals surface area contributed by atoms with Crippen LogP contribution in [0, 0.1) is 12.7 Å². The van der Waals surface area contributed by atoms with E-state index in [1.165, 1.54) is 12.1 Å². The Bertz CT molecular complexity index is 834. The Labute approximate surface area is 131 Å². The molecule has 0 saturated carbocycles. The van der Waals surface area contributed by atoms with Crippen molar-refractivity contribution >= 4 is 17.3 Å². The SMILES string of the molecule is Cc1ncc(-n2ccc(Oc3ccc(N)c(F)c3)n2)cc1Cl. The molecule has 0 unspecified atom stereocenters. The normalized spacial score (nSPS) is 10.7. The molecule has 22 heavy (non-hydrogen) atoms. The number of hydrogen-bond acceptors (Lipinski definition) is 4. The van der Waals surface area contributed by atoms with Crippen LogP contribution in [-0.2, 0) is 0 Å². The van der Waals surface area contributed by atoms with Gasteiger partial charge in [-0.3, -0.25) is 4.98 Å². The molecule has 2 N–H and O–H groups in total. The number of nitrogen functional groups attached to an aromatic ring is 1. The van der Waals surface area contributed by atoms with Gasteiger partial charge in [0.15, 0.2) is 0 Å². The van der Waals surface area contributed by atoms with Gasteiger partial charge in [0, 0.05) is 18.3 Å².